The number of pyridine rings is 1. The van der Waals surface area contributed by atoms with E-state index in [4.69, 9.17) is 9.90 Å². The van der Waals surface area contributed by atoms with Gasteiger partial charge in [-0.2, -0.15) is 18.3 Å². The van der Waals surface area contributed by atoms with E-state index in [1.807, 2.05) is 55.8 Å². The summed E-state index contributed by atoms with van der Waals surface area (Å²) < 4.78 is 33.4. The number of benzene rings is 1. The molecule has 0 aliphatic carbocycles. The van der Waals surface area contributed by atoms with E-state index in [9.17, 15) is 18.0 Å². The van der Waals surface area contributed by atoms with Crippen LogP contribution in [0.25, 0.3) is 11.4 Å². The number of nitrogens with one attached hydrogen (secondary N) is 1. The van der Waals surface area contributed by atoms with Crippen LogP contribution in [0.15, 0.2) is 55.1 Å². The van der Waals surface area contributed by atoms with Crippen LogP contribution in [-0.2, 0) is 11.8 Å². The molecule has 0 atom stereocenters. The molecule has 9 nitrogen and oxygen atoms in total. The van der Waals surface area contributed by atoms with Crippen molar-refractivity contribution in [1.82, 2.24) is 25.1 Å². The molecule has 1 saturated heterocycles. The van der Waals surface area contributed by atoms with Gasteiger partial charge in [-0.05, 0) is 31.0 Å². The van der Waals surface area contributed by atoms with E-state index in [-0.39, 0.29) is 11.9 Å². The Kier molecular flexibility index (Phi) is 7.82. The van der Waals surface area contributed by atoms with Crippen LogP contribution in [0.4, 0.5) is 18.9 Å². The highest BCUT2D eigenvalue weighted by atomic mass is 19.4. The topological polar surface area (TPSA) is 113 Å². The molecule has 1 fully saturated rings. The zero-order valence-corrected chi connectivity index (χ0v) is 18.2. The number of hydrogen-bond donors (Lipinski definition) is 2. The van der Waals surface area contributed by atoms with Gasteiger partial charge in [-0.15, -0.1) is 0 Å². The van der Waals surface area contributed by atoms with Gasteiger partial charge in [0.05, 0.1) is 5.56 Å². The highest BCUT2D eigenvalue weighted by molar-refractivity contribution is 6.00. The van der Waals surface area contributed by atoms with Crippen LogP contribution in [0, 0.1) is 0 Å². The van der Waals surface area contributed by atoms with Crippen LogP contribution in [0.2, 0.25) is 0 Å². The van der Waals surface area contributed by atoms with Crippen LogP contribution in [0.3, 0.4) is 0 Å². The second-order valence-corrected chi connectivity index (χ2v) is 7.53. The van der Waals surface area contributed by atoms with Crippen molar-refractivity contribution in [3.8, 4) is 11.4 Å². The normalized spacial score (nSPS) is 14.2. The smallest absolute Gasteiger partial charge is 0.475 e. The Morgan fingerprint density at radius 1 is 1.09 bits per heavy atom. The first-order chi connectivity index (χ1) is 16.1. The zero-order valence-electron chi connectivity index (χ0n) is 18.2. The number of carboxylic acids is 1. The van der Waals surface area contributed by atoms with Crippen molar-refractivity contribution in [2.75, 3.05) is 18.0 Å². The van der Waals surface area contributed by atoms with Crippen molar-refractivity contribution in [3.63, 3.8) is 0 Å². The SMILES string of the molecule is Cn1cnc(-c2ccccc2C(=O)NC2CCN(c3ccncc3)CC2)n1.O=C(O)C(F)(F)F. The standard InChI is InChI=1S/C20H22N6O.C2HF3O2/c1-25-14-22-19(24-25)17-4-2-3-5-18(17)20(27)23-15-8-12-26(13-9-15)16-6-10-21-11-7-16;3-2(4,5)1(6)7/h2-7,10-11,14-15H,8-9,12-13H2,1H3,(H,23,27);(H,6,7). The van der Waals surface area contributed by atoms with Crippen molar-refractivity contribution in [3.05, 3.63) is 60.7 Å². The molecule has 12 heteroatoms. The maximum absolute atomic E-state index is 12.9. The van der Waals surface area contributed by atoms with Gasteiger partial charge in [0.2, 0.25) is 0 Å². The number of carboxylic acid groups (broad SMARTS) is 1. The molecular formula is C22H23F3N6O3. The van der Waals surface area contributed by atoms with Crippen LogP contribution in [-0.4, -0.2) is 62.0 Å². The number of alkyl halides is 3. The molecule has 0 radical (unpaired) electrons. The number of carbonyl (C=O) groups is 2. The fourth-order valence-electron chi connectivity index (χ4n) is 3.44. The number of aromatic nitrogens is 4. The predicted octanol–water partition coefficient (Wildman–Crippen LogP) is 2.91. The van der Waals surface area contributed by atoms with Crippen LogP contribution < -0.4 is 10.2 Å². The monoisotopic (exact) mass is 476 g/mol. The minimum absolute atomic E-state index is 0.0691. The highest BCUT2D eigenvalue weighted by Gasteiger charge is 2.38. The highest BCUT2D eigenvalue weighted by Crippen LogP contribution is 2.22. The van der Waals surface area contributed by atoms with E-state index >= 15 is 0 Å². The Balaban J connectivity index is 0.000000406. The molecule has 1 amide bonds. The molecule has 0 bridgehead atoms. The van der Waals surface area contributed by atoms with Crippen molar-refractivity contribution < 1.29 is 27.9 Å². The first-order valence-corrected chi connectivity index (χ1v) is 10.4. The second kappa shape index (κ2) is 10.8. The molecule has 2 N–H and O–H groups in total. The number of piperidine rings is 1. The minimum Gasteiger partial charge on any atom is -0.475 e. The molecule has 1 aromatic carbocycles. The van der Waals surface area contributed by atoms with Gasteiger partial charge in [-0.1, -0.05) is 18.2 Å². The van der Waals surface area contributed by atoms with Crippen molar-refractivity contribution in [2.24, 2.45) is 7.05 Å². The first-order valence-electron chi connectivity index (χ1n) is 10.4. The number of halogens is 3. The first kappa shape index (κ1) is 24.7. The van der Waals surface area contributed by atoms with Crippen LogP contribution in [0.5, 0.6) is 0 Å². The molecular weight excluding hydrogens is 453 g/mol. The van der Waals surface area contributed by atoms with E-state index in [1.165, 1.54) is 5.69 Å². The third kappa shape index (κ3) is 6.53. The molecule has 0 spiro atoms. The summed E-state index contributed by atoms with van der Waals surface area (Å²) in [5.41, 5.74) is 2.55. The average molecular weight is 476 g/mol. The number of nitrogens with zero attached hydrogens (tertiary/aromatic N) is 5. The Morgan fingerprint density at radius 3 is 2.26 bits per heavy atom. The van der Waals surface area contributed by atoms with Crippen molar-refractivity contribution in [2.45, 2.75) is 25.1 Å². The molecule has 1 aliphatic heterocycles. The summed E-state index contributed by atoms with van der Waals surface area (Å²) in [7, 11) is 1.82. The lowest BCUT2D eigenvalue weighted by atomic mass is 10.0. The Bertz CT molecular complexity index is 1110. The summed E-state index contributed by atoms with van der Waals surface area (Å²) in [6, 6.07) is 11.7. The summed E-state index contributed by atoms with van der Waals surface area (Å²) >= 11 is 0. The molecule has 0 unspecified atom stereocenters. The van der Waals surface area contributed by atoms with Crippen LogP contribution in [0.1, 0.15) is 23.2 Å². The molecule has 1 aliphatic rings. The lowest BCUT2D eigenvalue weighted by Gasteiger charge is -2.34. The molecule has 3 heterocycles. The minimum atomic E-state index is -5.08. The molecule has 3 aromatic rings. The number of amides is 1. The number of aliphatic carboxylic acids is 1. The van der Waals surface area contributed by atoms with Crippen LogP contribution >= 0.6 is 0 Å². The van der Waals surface area contributed by atoms with E-state index in [0.29, 0.717) is 11.4 Å². The maximum atomic E-state index is 12.9. The Hall–Kier alpha value is -3.96. The van der Waals surface area contributed by atoms with Gasteiger partial charge in [0, 0.05) is 49.8 Å². The van der Waals surface area contributed by atoms with Crippen molar-refractivity contribution >= 4 is 17.6 Å². The Morgan fingerprint density at radius 2 is 1.71 bits per heavy atom. The second-order valence-electron chi connectivity index (χ2n) is 7.53. The van der Waals surface area contributed by atoms with Gasteiger partial charge in [-0.25, -0.2) is 9.78 Å². The molecule has 0 saturated carbocycles. The van der Waals surface area contributed by atoms with Gasteiger partial charge >= 0.3 is 12.1 Å². The number of carbonyl (C=O) groups excluding carboxylic acids is 1. The zero-order chi connectivity index (χ0) is 24.7. The van der Waals surface area contributed by atoms with Crippen molar-refractivity contribution in [1.29, 1.82) is 0 Å². The third-order valence-corrected chi connectivity index (χ3v) is 5.11. The Labute approximate surface area is 193 Å². The summed E-state index contributed by atoms with van der Waals surface area (Å²) in [5, 5.41) is 14.6. The summed E-state index contributed by atoms with van der Waals surface area (Å²) in [4.78, 5) is 32.4. The number of hydrogen-bond acceptors (Lipinski definition) is 6. The fourth-order valence-corrected chi connectivity index (χ4v) is 3.44. The van der Waals surface area contributed by atoms with E-state index in [1.54, 1.807) is 11.0 Å². The predicted molar refractivity (Wildman–Crippen MR) is 117 cm³/mol. The van der Waals surface area contributed by atoms with E-state index < -0.39 is 12.1 Å². The molecule has 180 valence electrons. The summed E-state index contributed by atoms with van der Waals surface area (Å²) in [6.45, 7) is 1.83. The largest absolute Gasteiger partial charge is 0.490 e. The van der Waals surface area contributed by atoms with Gasteiger partial charge in [0.1, 0.15) is 6.33 Å². The number of rotatable bonds is 4. The summed E-state index contributed by atoms with van der Waals surface area (Å²) in [5.74, 6) is -2.26. The lowest BCUT2D eigenvalue weighted by Crippen LogP contribution is -2.44. The number of aryl methyl sites for hydroxylation is 1. The van der Waals surface area contributed by atoms with Gasteiger partial charge in [0.25, 0.3) is 5.91 Å². The molecule has 2 aromatic heterocycles. The molecule has 34 heavy (non-hydrogen) atoms. The van der Waals surface area contributed by atoms with E-state index in [2.05, 4.69) is 25.3 Å². The third-order valence-electron chi connectivity index (χ3n) is 5.11. The lowest BCUT2D eigenvalue weighted by molar-refractivity contribution is -0.192. The maximum Gasteiger partial charge on any atom is 0.490 e. The number of anilines is 1. The van der Waals surface area contributed by atoms with Gasteiger partial charge in [-0.3, -0.25) is 14.5 Å². The van der Waals surface area contributed by atoms with E-state index in [0.717, 1.165) is 31.5 Å². The van der Waals surface area contributed by atoms with Gasteiger partial charge in [0.15, 0.2) is 5.82 Å². The fraction of sp³-hybridized carbons (Fsp3) is 0.318. The quantitative estimate of drug-likeness (QED) is 0.595. The van der Waals surface area contributed by atoms with Gasteiger partial charge < -0.3 is 15.3 Å². The molecule has 4 rings (SSSR count). The summed E-state index contributed by atoms with van der Waals surface area (Å²) in [6.07, 6.45) is 2.01. The average Bonchev–Trinajstić information content (AvgIpc) is 3.26.